The lowest BCUT2D eigenvalue weighted by atomic mass is 10.0. The topological polar surface area (TPSA) is 41.8 Å². The van der Waals surface area contributed by atoms with Crippen LogP contribution in [0.2, 0.25) is 0 Å². The van der Waals surface area contributed by atoms with Gasteiger partial charge in [-0.3, -0.25) is 4.99 Å². The Kier molecular flexibility index (Phi) is 14.1. The van der Waals surface area contributed by atoms with Crippen molar-refractivity contribution in [2.24, 2.45) is 4.99 Å². The van der Waals surface area contributed by atoms with Gasteiger partial charge in [0.25, 0.3) is 0 Å². The molecule has 0 aliphatic rings. The van der Waals surface area contributed by atoms with E-state index in [9.17, 15) is 5.11 Å². The summed E-state index contributed by atoms with van der Waals surface area (Å²) in [5.74, 6) is 0.916. The van der Waals surface area contributed by atoms with E-state index in [1.165, 1.54) is 89.0 Å². The zero-order chi connectivity index (χ0) is 23.6. The molecule has 2 rings (SSSR count). The van der Waals surface area contributed by atoms with Crippen LogP contribution in [-0.4, -0.2) is 17.9 Å². The van der Waals surface area contributed by atoms with Crippen molar-refractivity contribution >= 4 is 11.9 Å². The molecule has 33 heavy (non-hydrogen) atoms. The summed E-state index contributed by atoms with van der Waals surface area (Å²) < 4.78 is 5.82. The van der Waals surface area contributed by atoms with Gasteiger partial charge in [0.1, 0.15) is 11.5 Å². The summed E-state index contributed by atoms with van der Waals surface area (Å²) in [6, 6.07) is 13.4. The van der Waals surface area contributed by atoms with Crippen LogP contribution in [-0.2, 0) is 0 Å². The van der Waals surface area contributed by atoms with Gasteiger partial charge >= 0.3 is 0 Å². The fourth-order valence-corrected chi connectivity index (χ4v) is 3.98. The van der Waals surface area contributed by atoms with Crippen molar-refractivity contribution in [1.82, 2.24) is 0 Å². The third kappa shape index (κ3) is 12.5. The van der Waals surface area contributed by atoms with Gasteiger partial charge in [0.2, 0.25) is 0 Å². The fourth-order valence-electron chi connectivity index (χ4n) is 3.98. The molecule has 0 aromatic heterocycles. The summed E-state index contributed by atoms with van der Waals surface area (Å²) in [7, 11) is 0. The Morgan fingerprint density at radius 2 is 1.27 bits per heavy atom. The van der Waals surface area contributed by atoms with E-state index in [-0.39, 0.29) is 5.75 Å². The number of hydrogen-bond acceptors (Lipinski definition) is 3. The lowest BCUT2D eigenvalue weighted by Gasteiger charge is -2.08. The Morgan fingerprint density at radius 3 is 1.82 bits per heavy atom. The first-order chi connectivity index (χ1) is 16.2. The minimum atomic E-state index is 0.198. The molecular formula is C30H45NO2. The summed E-state index contributed by atoms with van der Waals surface area (Å²) in [5, 5.41) is 10.3. The maximum atomic E-state index is 10.3. The zero-order valence-electron chi connectivity index (χ0n) is 21.0. The molecular weight excluding hydrogens is 406 g/mol. The number of phenolic OH excluding ortho intramolecular Hbond substituents is 1. The highest BCUT2D eigenvalue weighted by atomic mass is 16.5. The second-order valence-electron chi connectivity index (χ2n) is 9.26. The molecule has 0 bridgehead atoms. The lowest BCUT2D eigenvalue weighted by Crippen LogP contribution is -1.97. The monoisotopic (exact) mass is 451 g/mol. The molecule has 0 amide bonds. The number of aromatic hydroxyl groups is 1. The number of phenols is 1. The summed E-state index contributed by atoms with van der Waals surface area (Å²) in [4.78, 5) is 4.43. The SMILES string of the molecule is CCCCCCCCCCCCCCCCOc1ccc(C=Nc2ccc(C)cc2)c(O)c1. The van der Waals surface area contributed by atoms with Crippen molar-refractivity contribution in [2.75, 3.05) is 6.61 Å². The molecule has 3 heteroatoms. The number of aryl methyl sites for hydroxylation is 1. The van der Waals surface area contributed by atoms with E-state index in [2.05, 4.69) is 18.8 Å². The summed E-state index contributed by atoms with van der Waals surface area (Å²) in [6.45, 7) is 5.03. The quantitative estimate of drug-likeness (QED) is 0.181. The molecule has 2 aromatic rings. The van der Waals surface area contributed by atoms with E-state index in [0.29, 0.717) is 12.2 Å². The maximum Gasteiger partial charge on any atom is 0.128 e. The number of ether oxygens (including phenoxy) is 1. The van der Waals surface area contributed by atoms with Gasteiger partial charge in [0, 0.05) is 17.8 Å². The molecule has 2 aromatic carbocycles. The molecule has 0 unspecified atom stereocenters. The molecule has 0 fully saturated rings. The highest BCUT2D eigenvalue weighted by Crippen LogP contribution is 2.23. The third-order valence-corrected chi connectivity index (χ3v) is 6.16. The average molecular weight is 452 g/mol. The van der Waals surface area contributed by atoms with Crippen molar-refractivity contribution in [3.8, 4) is 11.5 Å². The van der Waals surface area contributed by atoms with E-state index in [1.54, 1.807) is 12.3 Å². The Balaban J connectivity index is 1.49. The van der Waals surface area contributed by atoms with Crippen LogP contribution in [0.1, 0.15) is 108 Å². The average Bonchev–Trinajstić information content (AvgIpc) is 2.82. The number of unbranched alkanes of at least 4 members (excludes halogenated alkanes) is 13. The predicted octanol–water partition coefficient (Wildman–Crippen LogP) is 9.31. The van der Waals surface area contributed by atoms with Gasteiger partial charge in [-0.2, -0.15) is 0 Å². The Hall–Kier alpha value is -2.29. The molecule has 3 nitrogen and oxygen atoms in total. The minimum absolute atomic E-state index is 0.198. The van der Waals surface area contributed by atoms with Crippen LogP contribution in [0, 0.1) is 6.92 Å². The fraction of sp³-hybridized carbons (Fsp3) is 0.567. The number of aliphatic imine (C=N–C) groups is 1. The molecule has 0 saturated heterocycles. The first-order valence-corrected chi connectivity index (χ1v) is 13.3. The summed E-state index contributed by atoms with van der Waals surface area (Å²) in [5.41, 5.74) is 2.77. The van der Waals surface area contributed by atoms with Crippen LogP contribution >= 0.6 is 0 Å². The third-order valence-electron chi connectivity index (χ3n) is 6.16. The van der Waals surface area contributed by atoms with Crippen LogP contribution in [0.5, 0.6) is 11.5 Å². The number of hydrogen-bond donors (Lipinski definition) is 1. The smallest absolute Gasteiger partial charge is 0.128 e. The molecule has 0 atom stereocenters. The van der Waals surface area contributed by atoms with Crippen molar-refractivity contribution in [3.63, 3.8) is 0 Å². The standard InChI is InChI=1S/C30H45NO2/c1-3-4-5-6-7-8-9-10-11-12-13-14-15-16-23-33-29-22-19-27(30(32)24-29)25-31-28-20-17-26(2)18-21-28/h17-22,24-25,32H,3-16,23H2,1-2H3. The van der Waals surface area contributed by atoms with Gasteiger partial charge in [-0.25, -0.2) is 0 Å². The zero-order valence-corrected chi connectivity index (χ0v) is 21.0. The van der Waals surface area contributed by atoms with Crippen molar-refractivity contribution in [1.29, 1.82) is 0 Å². The van der Waals surface area contributed by atoms with Gasteiger partial charge in [0.05, 0.1) is 12.3 Å². The molecule has 0 radical (unpaired) electrons. The van der Waals surface area contributed by atoms with Gasteiger partial charge in [-0.15, -0.1) is 0 Å². The highest BCUT2D eigenvalue weighted by molar-refractivity contribution is 5.85. The lowest BCUT2D eigenvalue weighted by molar-refractivity contribution is 0.302. The molecule has 0 saturated carbocycles. The van der Waals surface area contributed by atoms with Crippen molar-refractivity contribution in [2.45, 2.75) is 104 Å². The van der Waals surface area contributed by atoms with Gasteiger partial charge in [-0.1, -0.05) is 108 Å². The van der Waals surface area contributed by atoms with E-state index >= 15 is 0 Å². The molecule has 0 spiro atoms. The minimum Gasteiger partial charge on any atom is -0.507 e. The van der Waals surface area contributed by atoms with Crippen LogP contribution in [0.15, 0.2) is 47.5 Å². The van der Waals surface area contributed by atoms with Crippen LogP contribution in [0.25, 0.3) is 0 Å². The Morgan fingerprint density at radius 1 is 0.727 bits per heavy atom. The predicted molar refractivity (Wildman–Crippen MR) is 142 cm³/mol. The van der Waals surface area contributed by atoms with Crippen molar-refractivity contribution < 1.29 is 9.84 Å². The van der Waals surface area contributed by atoms with E-state index in [1.807, 2.05) is 36.4 Å². The Bertz CT molecular complexity index is 782. The number of nitrogens with zero attached hydrogens (tertiary/aromatic N) is 1. The van der Waals surface area contributed by atoms with Crippen LogP contribution in [0.3, 0.4) is 0 Å². The van der Waals surface area contributed by atoms with E-state index in [4.69, 9.17) is 4.74 Å². The second-order valence-corrected chi connectivity index (χ2v) is 9.26. The first kappa shape index (κ1) is 27.0. The summed E-state index contributed by atoms with van der Waals surface area (Å²) >= 11 is 0. The molecule has 182 valence electrons. The highest BCUT2D eigenvalue weighted by Gasteiger charge is 2.02. The molecule has 0 aliphatic carbocycles. The van der Waals surface area contributed by atoms with Gasteiger partial charge < -0.3 is 9.84 Å². The summed E-state index contributed by atoms with van der Waals surface area (Å²) in [6.07, 6.45) is 20.7. The Labute approximate surface area is 202 Å². The largest absolute Gasteiger partial charge is 0.507 e. The van der Waals surface area contributed by atoms with Gasteiger partial charge in [-0.05, 0) is 37.6 Å². The van der Waals surface area contributed by atoms with E-state index < -0.39 is 0 Å². The molecule has 0 aliphatic heterocycles. The first-order valence-electron chi connectivity index (χ1n) is 13.3. The van der Waals surface area contributed by atoms with Crippen LogP contribution in [0.4, 0.5) is 5.69 Å². The molecule has 1 N–H and O–H groups in total. The second kappa shape index (κ2) is 17.2. The van der Waals surface area contributed by atoms with Crippen LogP contribution < -0.4 is 4.74 Å². The number of benzene rings is 2. The normalized spacial score (nSPS) is 11.3. The van der Waals surface area contributed by atoms with E-state index in [0.717, 1.165) is 17.9 Å². The van der Waals surface area contributed by atoms with Crippen molar-refractivity contribution in [3.05, 3.63) is 53.6 Å². The maximum absolute atomic E-state index is 10.3. The molecule has 0 heterocycles. The number of rotatable bonds is 18. The van der Waals surface area contributed by atoms with Gasteiger partial charge in [0.15, 0.2) is 0 Å².